The summed E-state index contributed by atoms with van der Waals surface area (Å²) in [5.74, 6) is -0.586. The molecule has 1 amide bonds. The van der Waals surface area contributed by atoms with Crippen LogP contribution in [0, 0.1) is 0 Å². The third-order valence-corrected chi connectivity index (χ3v) is 6.43. The molecule has 0 aliphatic heterocycles. The van der Waals surface area contributed by atoms with Crippen LogP contribution in [0.25, 0.3) is 22.1 Å². The van der Waals surface area contributed by atoms with E-state index < -0.39 is 15.3 Å². The number of hydrogen-bond acceptors (Lipinski definition) is 7. The molecule has 2 heterocycles. The van der Waals surface area contributed by atoms with Crippen molar-refractivity contribution in [1.82, 2.24) is 4.98 Å². The number of nitrogens with one attached hydrogen (secondary N) is 1. The van der Waals surface area contributed by atoms with Crippen LogP contribution in [0.2, 0.25) is 5.02 Å². The highest BCUT2D eigenvalue weighted by Crippen LogP contribution is 2.29. The monoisotopic (exact) mass is 443 g/mol. The number of carbonyl (C=O) groups is 1. The van der Waals surface area contributed by atoms with Gasteiger partial charge in [0.1, 0.15) is 16.3 Å². The first-order chi connectivity index (χ1) is 14.2. The van der Waals surface area contributed by atoms with Gasteiger partial charge in [-0.15, -0.1) is 0 Å². The molecule has 0 saturated carbocycles. The van der Waals surface area contributed by atoms with Gasteiger partial charge < -0.3 is 15.5 Å². The predicted molar refractivity (Wildman–Crippen MR) is 113 cm³/mol. The Labute approximate surface area is 175 Å². The molecular formula is C20H14ClN3O5S. The van der Waals surface area contributed by atoms with Gasteiger partial charge in [0.25, 0.3) is 0 Å². The van der Waals surface area contributed by atoms with Crippen LogP contribution in [0.3, 0.4) is 0 Å². The smallest absolute Gasteiger partial charge is 0.232 e. The molecule has 0 saturated heterocycles. The summed E-state index contributed by atoms with van der Waals surface area (Å²) in [6.45, 7) is 1.34. The SMILES string of the molecule is CC(=O)Nc1ccc(S(=O)(=O)c2cc3c(=O)c4cc(Cl)ccc4oc3nc2N)cc1. The van der Waals surface area contributed by atoms with E-state index in [0.29, 0.717) is 10.7 Å². The molecule has 2 aromatic heterocycles. The van der Waals surface area contributed by atoms with Gasteiger partial charge in [-0.2, -0.15) is 4.98 Å². The molecule has 4 aromatic rings. The van der Waals surface area contributed by atoms with Crippen LogP contribution in [0.1, 0.15) is 6.92 Å². The van der Waals surface area contributed by atoms with Crippen molar-refractivity contribution in [1.29, 1.82) is 0 Å². The number of fused-ring (bicyclic) bond motifs is 2. The summed E-state index contributed by atoms with van der Waals surface area (Å²) < 4.78 is 31.8. The number of halogens is 1. The Morgan fingerprint density at radius 1 is 1.10 bits per heavy atom. The average Bonchev–Trinajstić information content (AvgIpc) is 2.68. The van der Waals surface area contributed by atoms with Gasteiger partial charge in [-0.25, -0.2) is 8.42 Å². The molecule has 2 aromatic carbocycles. The number of sulfone groups is 1. The van der Waals surface area contributed by atoms with E-state index in [2.05, 4.69) is 10.3 Å². The molecule has 152 valence electrons. The lowest BCUT2D eigenvalue weighted by Gasteiger charge is -2.10. The van der Waals surface area contributed by atoms with Gasteiger partial charge >= 0.3 is 0 Å². The number of amides is 1. The van der Waals surface area contributed by atoms with Gasteiger partial charge in [0.15, 0.2) is 0 Å². The quantitative estimate of drug-likeness (QED) is 0.464. The van der Waals surface area contributed by atoms with E-state index in [0.717, 1.165) is 6.07 Å². The number of nitrogens with zero attached hydrogens (tertiary/aromatic N) is 1. The molecule has 8 nitrogen and oxygen atoms in total. The summed E-state index contributed by atoms with van der Waals surface area (Å²) in [7, 11) is -4.09. The summed E-state index contributed by atoms with van der Waals surface area (Å²) >= 11 is 5.96. The van der Waals surface area contributed by atoms with Gasteiger partial charge in [0.05, 0.1) is 15.7 Å². The Bertz CT molecular complexity index is 1500. The van der Waals surface area contributed by atoms with Crippen LogP contribution in [0.5, 0.6) is 0 Å². The lowest BCUT2D eigenvalue weighted by atomic mass is 10.2. The fourth-order valence-electron chi connectivity index (χ4n) is 3.01. The molecule has 0 unspecified atom stereocenters. The average molecular weight is 444 g/mol. The molecule has 10 heteroatoms. The minimum absolute atomic E-state index is 0.0348. The van der Waals surface area contributed by atoms with Crippen LogP contribution in [0.15, 0.2) is 67.5 Å². The Balaban J connectivity index is 1.90. The molecule has 0 atom stereocenters. The molecule has 4 rings (SSSR count). The molecule has 0 radical (unpaired) electrons. The first kappa shape index (κ1) is 19.9. The molecule has 30 heavy (non-hydrogen) atoms. The Kier molecular flexibility index (Phi) is 4.71. The number of anilines is 2. The number of nitrogen functional groups attached to an aromatic ring is 1. The fourth-order valence-corrected chi connectivity index (χ4v) is 4.53. The normalized spacial score (nSPS) is 11.7. The maximum atomic E-state index is 13.1. The third kappa shape index (κ3) is 3.38. The van der Waals surface area contributed by atoms with Crippen molar-refractivity contribution in [2.24, 2.45) is 0 Å². The Hall–Kier alpha value is -3.43. The Morgan fingerprint density at radius 3 is 2.47 bits per heavy atom. The third-order valence-electron chi connectivity index (χ3n) is 4.39. The number of benzene rings is 2. The lowest BCUT2D eigenvalue weighted by molar-refractivity contribution is -0.114. The number of rotatable bonds is 3. The summed E-state index contributed by atoms with van der Waals surface area (Å²) in [6.07, 6.45) is 0. The Morgan fingerprint density at radius 2 is 1.80 bits per heavy atom. The minimum Gasteiger partial charge on any atom is -0.437 e. The zero-order valence-electron chi connectivity index (χ0n) is 15.5. The fraction of sp³-hybridized carbons (Fsp3) is 0.0500. The van der Waals surface area contributed by atoms with Gasteiger partial charge in [0, 0.05) is 17.6 Å². The summed E-state index contributed by atoms with van der Waals surface area (Å²) in [5, 5.41) is 3.05. The van der Waals surface area contributed by atoms with Crippen LogP contribution in [0.4, 0.5) is 11.5 Å². The minimum atomic E-state index is -4.09. The van der Waals surface area contributed by atoms with E-state index in [1.165, 1.54) is 43.3 Å². The summed E-state index contributed by atoms with van der Waals surface area (Å²) in [5.41, 5.74) is 6.04. The molecular weight excluding hydrogens is 430 g/mol. The number of aromatic nitrogens is 1. The summed E-state index contributed by atoms with van der Waals surface area (Å²) in [4.78, 5) is 27.6. The highest BCUT2D eigenvalue weighted by Gasteiger charge is 2.24. The zero-order chi connectivity index (χ0) is 21.6. The second kappa shape index (κ2) is 7.12. The van der Waals surface area contributed by atoms with E-state index in [9.17, 15) is 18.0 Å². The van der Waals surface area contributed by atoms with E-state index in [4.69, 9.17) is 21.8 Å². The number of pyridine rings is 1. The molecule has 0 fully saturated rings. The number of nitrogens with two attached hydrogens (primary N) is 1. The van der Waals surface area contributed by atoms with Gasteiger partial charge in [-0.1, -0.05) is 11.6 Å². The highest BCUT2D eigenvalue weighted by atomic mass is 35.5. The van der Waals surface area contributed by atoms with Crippen LogP contribution >= 0.6 is 11.6 Å². The van der Waals surface area contributed by atoms with Crippen molar-refractivity contribution in [3.05, 3.63) is 63.8 Å². The standard InChI is InChI=1S/C20H14ClN3O5S/c1-10(25)23-12-3-5-13(6-4-12)30(27,28)17-9-15-18(26)14-8-11(21)2-7-16(14)29-20(15)24-19(17)22/h2-9H,1H3,(H2,22,24)(H,23,25). The highest BCUT2D eigenvalue weighted by molar-refractivity contribution is 7.91. The second-order valence-corrected chi connectivity index (χ2v) is 8.86. The number of carbonyl (C=O) groups excluding carboxylic acids is 1. The van der Waals surface area contributed by atoms with Gasteiger partial charge in [0.2, 0.25) is 26.9 Å². The maximum absolute atomic E-state index is 13.1. The van der Waals surface area contributed by atoms with Crippen molar-refractivity contribution in [2.45, 2.75) is 16.7 Å². The van der Waals surface area contributed by atoms with Crippen molar-refractivity contribution >= 4 is 60.9 Å². The molecule has 0 aliphatic carbocycles. The number of hydrogen-bond donors (Lipinski definition) is 2. The molecule has 0 aliphatic rings. The second-order valence-electron chi connectivity index (χ2n) is 6.51. The largest absolute Gasteiger partial charge is 0.437 e. The van der Waals surface area contributed by atoms with Crippen molar-refractivity contribution in [2.75, 3.05) is 11.1 Å². The van der Waals surface area contributed by atoms with Crippen LogP contribution in [-0.4, -0.2) is 19.3 Å². The van der Waals surface area contributed by atoms with Crippen molar-refractivity contribution < 1.29 is 17.6 Å². The molecule has 0 bridgehead atoms. The van der Waals surface area contributed by atoms with Crippen LogP contribution < -0.4 is 16.5 Å². The topological polar surface area (TPSA) is 132 Å². The first-order valence-corrected chi connectivity index (χ1v) is 10.5. The predicted octanol–water partition coefficient (Wildman–Crippen LogP) is 3.37. The van der Waals surface area contributed by atoms with E-state index in [-0.39, 0.29) is 43.6 Å². The first-order valence-electron chi connectivity index (χ1n) is 8.62. The summed E-state index contributed by atoms with van der Waals surface area (Å²) in [6, 6.07) is 11.2. The van der Waals surface area contributed by atoms with Crippen molar-refractivity contribution in [3.63, 3.8) is 0 Å². The van der Waals surface area contributed by atoms with E-state index in [1.54, 1.807) is 6.07 Å². The molecule has 0 spiro atoms. The van der Waals surface area contributed by atoms with E-state index in [1.807, 2.05) is 0 Å². The van der Waals surface area contributed by atoms with Gasteiger partial charge in [-0.3, -0.25) is 9.59 Å². The van der Waals surface area contributed by atoms with E-state index >= 15 is 0 Å². The van der Waals surface area contributed by atoms with Crippen LogP contribution in [-0.2, 0) is 14.6 Å². The maximum Gasteiger partial charge on any atom is 0.232 e. The van der Waals surface area contributed by atoms with Crippen molar-refractivity contribution in [3.8, 4) is 0 Å². The molecule has 3 N–H and O–H groups in total. The lowest BCUT2D eigenvalue weighted by Crippen LogP contribution is -2.11. The van der Waals surface area contributed by atoms with Gasteiger partial charge in [-0.05, 0) is 48.5 Å². The zero-order valence-corrected chi connectivity index (χ0v) is 17.0.